The van der Waals surface area contributed by atoms with Crippen LogP contribution in [-0.4, -0.2) is 44.1 Å². The number of hydrogen-bond acceptors (Lipinski definition) is 6. The van der Waals surface area contributed by atoms with Gasteiger partial charge in [0.25, 0.3) is 0 Å². The Morgan fingerprint density at radius 2 is 1.89 bits per heavy atom. The number of piperidine rings is 1. The number of rotatable bonds is 5. The first-order valence-corrected chi connectivity index (χ1v) is 12.8. The zero-order chi connectivity index (χ0) is 25.5. The number of imidazole rings is 1. The van der Waals surface area contributed by atoms with Gasteiger partial charge in [0.15, 0.2) is 6.10 Å². The van der Waals surface area contributed by atoms with Crippen LogP contribution in [0.15, 0.2) is 53.3 Å². The number of benzene rings is 2. The van der Waals surface area contributed by atoms with Crippen molar-refractivity contribution in [1.82, 2.24) is 19.4 Å². The molecule has 1 amide bonds. The van der Waals surface area contributed by atoms with E-state index in [-0.39, 0.29) is 36.2 Å². The number of thiazole rings is 1. The van der Waals surface area contributed by atoms with Gasteiger partial charge in [0, 0.05) is 36.9 Å². The van der Waals surface area contributed by atoms with Gasteiger partial charge >= 0.3 is 0 Å². The molecule has 4 heterocycles. The first-order chi connectivity index (χ1) is 18.0. The maximum absolute atomic E-state index is 14.1. The van der Waals surface area contributed by atoms with Gasteiger partial charge in [0.05, 0.1) is 33.6 Å². The number of fused-ring (bicyclic) bond motifs is 1. The molecule has 7 nitrogen and oxygen atoms in total. The summed E-state index contributed by atoms with van der Waals surface area (Å²) in [5.41, 5.74) is 2.34. The minimum absolute atomic E-state index is 0.00854. The third-order valence-corrected chi connectivity index (χ3v) is 7.90. The highest BCUT2D eigenvalue weighted by Gasteiger charge is 2.31. The molecule has 2 aromatic carbocycles. The van der Waals surface area contributed by atoms with E-state index in [4.69, 9.17) is 9.82 Å². The number of halogens is 3. The molecular weight excluding hydrogens is 503 g/mol. The molecule has 0 spiro atoms. The maximum atomic E-state index is 14.1. The van der Waals surface area contributed by atoms with Crippen LogP contribution in [0.25, 0.3) is 11.0 Å². The number of amides is 1. The van der Waals surface area contributed by atoms with Crippen molar-refractivity contribution >= 4 is 34.0 Å². The third kappa shape index (κ3) is 4.59. The van der Waals surface area contributed by atoms with E-state index in [0.717, 1.165) is 23.4 Å². The molecule has 4 aromatic rings. The second kappa shape index (κ2) is 9.62. The monoisotopic (exact) mass is 525 g/mol. The Labute approximate surface area is 214 Å². The van der Waals surface area contributed by atoms with Crippen molar-refractivity contribution in [3.8, 4) is 0 Å². The summed E-state index contributed by atoms with van der Waals surface area (Å²) in [6, 6.07) is 8.07. The van der Waals surface area contributed by atoms with Crippen LogP contribution in [0.2, 0.25) is 0 Å². The van der Waals surface area contributed by atoms with Gasteiger partial charge in [0.1, 0.15) is 29.7 Å². The maximum Gasteiger partial charge on any atom is 0.242 e. The standard InChI is InChI=1S/C26H22F3N5O2S/c27-16-4-5-22-20(10-16)30-14-34(22)12-24(35)33-8-6-15(7-9-33)26-31-21(13-37-26)19-11-23(36-32-19)25-17(28)2-1-3-18(25)29/h1-5,10,13-15,23H,6-9,11-12H2. The number of carbonyl (C=O) groups excluding carboxylic acids is 1. The van der Waals surface area contributed by atoms with E-state index in [1.807, 2.05) is 10.3 Å². The summed E-state index contributed by atoms with van der Waals surface area (Å²) >= 11 is 1.52. The second-order valence-corrected chi connectivity index (χ2v) is 10.1. The molecule has 190 valence electrons. The summed E-state index contributed by atoms with van der Waals surface area (Å²) in [6.07, 6.45) is 2.54. The Bertz CT molecular complexity index is 1490. The quantitative estimate of drug-likeness (QED) is 0.360. The predicted molar refractivity (Wildman–Crippen MR) is 132 cm³/mol. The Kier molecular flexibility index (Phi) is 6.15. The molecule has 0 aliphatic carbocycles. The average molecular weight is 526 g/mol. The zero-order valence-corrected chi connectivity index (χ0v) is 20.4. The highest BCUT2D eigenvalue weighted by Crippen LogP contribution is 2.35. The summed E-state index contributed by atoms with van der Waals surface area (Å²) in [7, 11) is 0. The van der Waals surface area contributed by atoms with E-state index in [1.54, 1.807) is 17.0 Å². The normalized spacial score (nSPS) is 18.3. The molecular formula is C26H22F3N5O2S. The van der Waals surface area contributed by atoms with Crippen LogP contribution in [0.3, 0.4) is 0 Å². The van der Waals surface area contributed by atoms with Crippen LogP contribution in [0.1, 0.15) is 47.5 Å². The molecule has 6 rings (SSSR count). The summed E-state index contributed by atoms with van der Waals surface area (Å²) < 4.78 is 43.4. The van der Waals surface area contributed by atoms with E-state index in [1.165, 1.54) is 41.7 Å². The number of carbonyl (C=O) groups is 1. The largest absolute Gasteiger partial charge is 0.387 e. The van der Waals surface area contributed by atoms with Crippen LogP contribution >= 0.6 is 11.3 Å². The lowest BCUT2D eigenvalue weighted by molar-refractivity contribution is -0.132. The molecule has 1 atom stereocenters. The smallest absolute Gasteiger partial charge is 0.242 e. The van der Waals surface area contributed by atoms with E-state index < -0.39 is 17.7 Å². The molecule has 1 unspecified atom stereocenters. The van der Waals surface area contributed by atoms with Crippen LogP contribution in [0.4, 0.5) is 13.2 Å². The highest BCUT2D eigenvalue weighted by atomic mass is 32.1. The molecule has 1 saturated heterocycles. The Morgan fingerprint density at radius 1 is 1.11 bits per heavy atom. The molecule has 2 aromatic heterocycles. The fourth-order valence-corrected chi connectivity index (χ4v) is 5.89. The minimum Gasteiger partial charge on any atom is -0.387 e. The van der Waals surface area contributed by atoms with Crippen molar-refractivity contribution in [2.45, 2.75) is 37.8 Å². The van der Waals surface area contributed by atoms with Crippen LogP contribution in [-0.2, 0) is 16.2 Å². The summed E-state index contributed by atoms with van der Waals surface area (Å²) in [5.74, 6) is -1.47. The van der Waals surface area contributed by atoms with Gasteiger partial charge < -0.3 is 14.3 Å². The van der Waals surface area contributed by atoms with Crippen LogP contribution < -0.4 is 0 Å². The lowest BCUT2D eigenvalue weighted by Crippen LogP contribution is -2.39. The lowest BCUT2D eigenvalue weighted by Gasteiger charge is -2.31. The minimum atomic E-state index is -0.817. The number of nitrogens with zero attached hydrogens (tertiary/aromatic N) is 5. The molecule has 11 heteroatoms. The van der Waals surface area contributed by atoms with Crippen molar-refractivity contribution in [1.29, 1.82) is 0 Å². The summed E-state index contributed by atoms with van der Waals surface area (Å²) in [6.45, 7) is 1.37. The average Bonchev–Trinajstić information content (AvgIpc) is 3.64. The topological polar surface area (TPSA) is 72.6 Å². The zero-order valence-electron chi connectivity index (χ0n) is 19.6. The second-order valence-electron chi connectivity index (χ2n) is 9.20. The molecule has 1 fully saturated rings. The first-order valence-electron chi connectivity index (χ1n) is 12.0. The van der Waals surface area contributed by atoms with Crippen molar-refractivity contribution in [3.63, 3.8) is 0 Å². The highest BCUT2D eigenvalue weighted by molar-refractivity contribution is 7.10. The van der Waals surface area contributed by atoms with Crippen molar-refractivity contribution in [3.05, 3.63) is 81.8 Å². The van der Waals surface area contributed by atoms with Gasteiger partial charge in [-0.05, 0) is 37.1 Å². The predicted octanol–water partition coefficient (Wildman–Crippen LogP) is 5.18. The van der Waals surface area contributed by atoms with Gasteiger partial charge in [-0.1, -0.05) is 11.2 Å². The lowest BCUT2D eigenvalue weighted by atomic mass is 9.97. The number of oxime groups is 1. The molecule has 0 radical (unpaired) electrons. The van der Waals surface area contributed by atoms with E-state index in [2.05, 4.69) is 10.1 Å². The fraction of sp³-hybridized carbons (Fsp3) is 0.308. The Balaban J connectivity index is 1.06. The first kappa shape index (κ1) is 23.7. The van der Waals surface area contributed by atoms with Crippen molar-refractivity contribution < 1.29 is 22.8 Å². The number of hydrogen-bond donors (Lipinski definition) is 0. The fourth-order valence-electron chi connectivity index (χ4n) is 4.89. The van der Waals surface area contributed by atoms with Crippen LogP contribution in [0, 0.1) is 17.5 Å². The van der Waals surface area contributed by atoms with Gasteiger partial charge in [-0.2, -0.15) is 0 Å². The summed E-state index contributed by atoms with van der Waals surface area (Å²) in [4.78, 5) is 29.0. The van der Waals surface area contributed by atoms with Gasteiger partial charge in [-0.25, -0.2) is 23.1 Å². The number of likely N-dealkylation sites (tertiary alicyclic amines) is 1. The van der Waals surface area contributed by atoms with E-state index in [9.17, 15) is 18.0 Å². The van der Waals surface area contributed by atoms with Gasteiger partial charge in [-0.15, -0.1) is 11.3 Å². The number of aromatic nitrogens is 3. The van der Waals surface area contributed by atoms with Crippen LogP contribution in [0.5, 0.6) is 0 Å². The SMILES string of the molecule is O=C(Cn1cnc2cc(F)ccc21)N1CCC(c2nc(C3=NOC(c4c(F)cccc4F)C3)cs2)CC1. The third-order valence-electron chi connectivity index (χ3n) is 6.89. The summed E-state index contributed by atoms with van der Waals surface area (Å²) in [5, 5.41) is 6.89. The Morgan fingerprint density at radius 3 is 2.68 bits per heavy atom. The molecule has 37 heavy (non-hydrogen) atoms. The van der Waals surface area contributed by atoms with Gasteiger partial charge in [0.2, 0.25) is 5.91 Å². The molecule has 2 aliphatic rings. The molecule has 0 bridgehead atoms. The van der Waals surface area contributed by atoms with Gasteiger partial charge in [-0.3, -0.25) is 4.79 Å². The van der Waals surface area contributed by atoms with E-state index >= 15 is 0 Å². The Hall–Kier alpha value is -3.73. The van der Waals surface area contributed by atoms with Crippen molar-refractivity contribution in [2.75, 3.05) is 13.1 Å². The van der Waals surface area contributed by atoms with Crippen molar-refractivity contribution in [2.24, 2.45) is 5.16 Å². The molecule has 0 N–H and O–H groups in total. The molecule has 2 aliphatic heterocycles. The molecule has 0 saturated carbocycles. The van der Waals surface area contributed by atoms with E-state index in [0.29, 0.717) is 30.0 Å².